The number of hydrogen-bond acceptors (Lipinski definition) is 11. The van der Waals surface area contributed by atoms with Crippen LogP contribution in [0.2, 0.25) is 0 Å². The summed E-state index contributed by atoms with van der Waals surface area (Å²) < 4.78 is 28.3. The summed E-state index contributed by atoms with van der Waals surface area (Å²) >= 11 is 0. The molecule has 0 spiro atoms. The number of ether oxygens (including phenoxy) is 5. The van der Waals surface area contributed by atoms with Gasteiger partial charge in [-0.3, -0.25) is 14.4 Å². The fraction of sp³-hybridized carbons (Fsp3) is 0.789. The van der Waals surface area contributed by atoms with Gasteiger partial charge in [-0.05, 0) is 77.0 Å². The van der Waals surface area contributed by atoms with Crippen LogP contribution in [0.15, 0.2) is 48.6 Å². The summed E-state index contributed by atoms with van der Waals surface area (Å²) in [5.74, 6) is -3.14. The maximum atomic E-state index is 13.0. The summed E-state index contributed by atoms with van der Waals surface area (Å²) in [6.07, 6.45) is 41.0. The van der Waals surface area contributed by atoms with Gasteiger partial charge in [0.05, 0.1) is 6.61 Å². The summed E-state index contributed by atoms with van der Waals surface area (Å²) in [5, 5.41) is 31.4. The van der Waals surface area contributed by atoms with Gasteiger partial charge in [0.1, 0.15) is 18.8 Å². The highest BCUT2D eigenvalue weighted by Gasteiger charge is 2.50. The summed E-state index contributed by atoms with van der Waals surface area (Å²) in [4.78, 5) is 50.8. The third-order valence-electron chi connectivity index (χ3n) is 12.4. The average molecular weight is 975 g/mol. The molecule has 6 unspecified atom stereocenters. The molecular weight excluding hydrogens is 877 g/mol. The molecule has 12 heteroatoms. The summed E-state index contributed by atoms with van der Waals surface area (Å²) in [6, 6.07) is 0. The molecule has 0 radical (unpaired) electrons. The van der Waals surface area contributed by atoms with E-state index < -0.39 is 67.3 Å². The Bertz CT molecular complexity index is 1390. The number of unbranched alkanes of at least 4 members (excludes halogenated alkanes) is 24. The Morgan fingerprint density at radius 2 is 0.899 bits per heavy atom. The maximum absolute atomic E-state index is 13.0. The van der Waals surface area contributed by atoms with Crippen molar-refractivity contribution in [2.45, 2.75) is 276 Å². The van der Waals surface area contributed by atoms with Gasteiger partial charge in [0.15, 0.2) is 24.6 Å². The number of hydrogen-bond donors (Lipinski definition) is 3. The lowest BCUT2D eigenvalue weighted by Gasteiger charge is -2.40. The van der Waals surface area contributed by atoms with Crippen LogP contribution < -0.4 is 0 Å². The molecule has 3 N–H and O–H groups in total. The van der Waals surface area contributed by atoms with E-state index in [2.05, 4.69) is 69.4 Å². The SMILES string of the molecule is CCC/C=C\C/C=C\CCCCCCCC(=O)OCC(COC1OC(C(=O)O)C(O)C(O)C1OC(=O)CCCCCCCCC/C=C\C/C=C\CCCCC)OC(=O)CCCCCCCCCCC. The molecule has 0 bridgehead atoms. The highest BCUT2D eigenvalue weighted by atomic mass is 16.7. The van der Waals surface area contributed by atoms with Crippen molar-refractivity contribution in [1.82, 2.24) is 0 Å². The van der Waals surface area contributed by atoms with E-state index in [1.165, 1.54) is 51.4 Å². The number of rotatable bonds is 46. The van der Waals surface area contributed by atoms with Crippen molar-refractivity contribution < 1.29 is 58.2 Å². The van der Waals surface area contributed by atoms with Crippen LogP contribution in [0.5, 0.6) is 0 Å². The summed E-state index contributed by atoms with van der Waals surface area (Å²) in [6.45, 7) is 5.85. The molecule has 1 heterocycles. The molecule has 1 saturated heterocycles. The Labute approximate surface area is 418 Å². The zero-order valence-corrected chi connectivity index (χ0v) is 43.6. The molecule has 69 heavy (non-hydrogen) atoms. The molecule has 6 atom stereocenters. The monoisotopic (exact) mass is 975 g/mol. The first-order valence-corrected chi connectivity index (χ1v) is 27.6. The second-order valence-electron chi connectivity index (χ2n) is 18.9. The van der Waals surface area contributed by atoms with Crippen molar-refractivity contribution in [2.24, 2.45) is 0 Å². The Balaban J connectivity index is 2.68. The van der Waals surface area contributed by atoms with Crippen LogP contribution in [0, 0.1) is 0 Å². The molecule has 0 aromatic heterocycles. The normalized spacial score (nSPS) is 19.0. The zero-order valence-electron chi connectivity index (χ0n) is 43.6. The van der Waals surface area contributed by atoms with Gasteiger partial charge < -0.3 is 39.0 Å². The first-order valence-electron chi connectivity index (χ1n) is 27.6. The molecule has 0 saturated carbocycles. The smallest absolute Gasteiger partial charge is 0.335 e. The third-order valence-corrected chi connectivity index (χ3v) is 12.4. The Kier molecular flexibility index (Phi) is 42.3. The van der Waals surface area contributed by atoms with E-state index in [0.29, 0.717) is 19.3 Å². The molecule has 1 fully saturated rings. The van der Waals surface area contributed by atoms with E-state index in [9.17, 15) is 34.5 Å². The van der Waals surface area contributed by atoms with E-state index >= 15 is 0 Å². The molecule has 0 aliphatic carbocycles. The van der Waals surface area contributed by atoms with Crippen molar-refractivity contribution in [3.05, 3.63) is 48.6 Å². The first-order chi connectivity index (χ1) is 33.6. The van der Waals surface area contributed by atoms with Crippen molar-refractivity contribution in [3.8, 4) is 0 Å². The minimum atomic E-state index is -1.90. The number of allylic oxidation sites excluding steroid dienone is 8. The quantitative estimate of drug-likeness (QED) is 0.0228. The molecular formula is C57H98O12. The van der Waals surface area contributed by atoms with Crippen LogP contribution in [-0.2, 0) is 42.9 Å². The zero-order chi connectivity index (χ0) is 50.4. The molecule has 0 aromatic carbocycles. The third kappa shape index (κ3) is 36.3. The highest BCUT2D eigenvalue weighted by Crippen LogP contribution is 2.26. The fourth-order valence-corrected chi connectivity index (χ4v) is 8.08. The molecule has 12 nitrogen and oxygen atoms in total. The van der Waals surface area contributed by atoms with Crippen molar-refractivity contribution in [3.63, 3.8) is 0 Å². The van der Waals surface area contributed by atoms with Crippen molar-refractivity contribution >= 4 is 23.9 Å². The van der Waals surface area contributed by atoms with Crippen molar-refractivity contribution in [1.29, 1.82) is 0 Å². The molecule has 0 aromatic rings. The summed E-state index contributed by atoms with van der Waals surface area (Å²) in [7, 11) is 0. The summed E-state index contributed by atoms with van der Waals surface area (Å²) in [5.41, 5.74) is 0. The largest absolute Gasteiger partial charge is 0.479 e. The van der Waals surface area contributed by atoms with E-state index in [0.717, 1.165) is 128 Å². The Morgan fingerprint density at radius 3 is 1.39 bits per heavy atom. The topological polar surface area (TPSA) is 175 Å². The number of carbonyl (C=O) groups is 4. The van der Waals surface area contributed by atoms with Crippen LogP contribution >= 0.6 is 0 Å². The number of carboxylic acids is 1. The Hall–Kier alpha value is -3.32. The number of aliphatic hydroxyl groups is 2. The lowest BCUT2D eigenvalue weighted by atomic mass is 9.98. The van der Waals surface area contributed by atoms with Gasteiger partial charge in [-0.15, -0.1) is 0 Å². The van der Waals surface area contributed by atoms with Gasteiger partial charge in [0, 0.05) is 19.3 Å². The number of carboxylic acid groups (broad SMARTS) is 1. The predicted molar refractivity (Wildman–Crippen MR) is 276 cm³/mol. The van der Waals surface area contributed by atoms with Gasteiger partial charge in [-0.1, -0.05) is 191 Å². The molecule has 0 amide bonds. The standard InChI is InChI=1S/C57H98O12/c1-4-7-10-13-16-19-21-23-24-25-26-28-30-33-36-39-42-45-51(60)68-55-53(62)52(61)54(56(63)64)69-57(55)66-47-48(67-50(59)44-41-38-35-31-18-15-12-9-6-3)46-65-49(58)43-40-37-34-32-29-27-22-20-17-14-11-8-5-2/h11,14,16,19-20,22-24,48,52-55,57,61-62H,4-10,12-13,15,17-18,21,25-47H2,1-3H3,(H,63,64)/b14-11-,19-16-,22-20-,24-23-. The van der Waals surface area contributed by atoms with Gasteiger partial charge in [-0.25, -0.2) is 4.79 Å². The van der Waals surface area contributed by atoms with Gasteiger partial charge in [0.25, 0.3) is 0 Å². The highest BCUT2D eigenvalue weighted by molar-refractivity contribution is 5.74. The van der Waals surface area contributed by atoms with Crippen LogP contribution in [0.3, 0.4) is 0 Å². The second kappa shape index (κ2) is 45.8. The fourth-order valence-electron chi connectivity index (χ4n) is 8.08. The van der Waals surface area contributed by atoms with Crippen molar-refractivity contribution in [2.75, 3.05) is 13.2 Å². The van der Waals surface area contributed by atoms with E-state index in [1.807, 2.05) is 0 Å². The van der Waals surface area contributed by atoms with E-state index in [-0.39, 0.29) is 25.9 Å². The van der Waals surface area contributed by atoms with E-state index in [1.54, 1.807) is 0 Å². The van der Waals surface area contributed by atoms with Gasteiger partial charge >= 0.3 is 23.9 Å². The maximum Gasteiger partial charge on any atom is 0.335 e. The van der Waals surface area contributed by atoms with Crippen LogP contribution in [0.4, 0.5) is 0 Å². The van der Waals surface area contributed by atoms with Gasteiger partial charge in [0.2, 0.25) is 0 Å². The number of esters is 3. The number of carbonyl (C=O) groups excluding carboxylic acids is 3. The second-order valence-corrected chi connectivity index (χ2v) is 18.9. The predicted octanol–water partition coefficient (Wildman–Crippen LogP) is 13.4. The molecule has 1 rings (SSSR count). The van der Waals surface area contributed by atoms with Crippen LogP contribution in [0.1, 0.15) is 239 Å². The average Bonchev–Trinajstić information content (AvgIpc) is 3.33. The molecule has 1 aliphatic rings. The molecule has 1 aliphatic heterocycles. The van der Waals surface area contributed by atoms with Gasteiger partial charge in [-0.2, -0.15) is 0 Å². The van der Waals surface area contributed by atoms with E-state index in [4.69, 9.17) is 23.7 Å². The first kappa shape index (κ1) is 63.7. The lowest BCUT2D eigenvalue weighted by Crippen LogP contribution is -2.61. The minimum Gasteiger partial charge on any atom is -0.479 e. The number of aliphatic carboxylic acids is 1. The molecule has 398 valence electrons. The lowest BCUT2D eigenvalue weighted by molar-refractivity contribution is -0.301. The van der Waals surface area contributed by atoms with Crippen LogP contribution in [0.25, 0.3) is 0 Å². The minimum absolute atomic E-state index is 0.0515. The van der Waals surface area contributed by atoms with Crippen LogP contribution in [-0.4, -0.2) is 89.2 Å². The number of aliphatic hydroxyl groups excluding tert-OH is 2. The Morgan fingerprint density at radius 1 is 0.478 bits per heavy atom.